The molecule has 3 rings (SSSR count). The summed E-state index contributed by atoms with van der Waals surface area (Å²) in [5.41, 5.74) is 3.82. The van der Waals surface area contributed by atoms with E-state index in [1.54, 1.807) is 0 Å². The Balaban J connectivity index is 1.57. The molecule has 1 N–H and O–H groups in total. The van der Waals surface area contributed by atoms with Crippen LogP contribution in [0.1, 0.15) is 42.1 Å². The molecule has 2 aromatic carbocycles. The number of rotatable bonds is 5. The third-order valence-corrected chi connectivity index (χ3v) is 4.06. The molecule has 0 aromatic heterocycles. The molecule has 2 atom stereocenters. The first kappa shape index (κ1) is 13.2. The van der Waals surface area contributed by atoms with Crippen molar-refractivity contribution < 1.29 is 9.84 Å². The van der Waals surface area contributed by atoms with Gasteiger partial charge in [0.1, 0.15) is 5.75 Å². The quantitative estimate of drug-likeness (QED) is 0.892. The topological polar surface area (TPSA) is 29.5 Å². The van der Waals surface area contributed by atoms with Crippen LogP contribution in [0, 0.1) is 0 Å². The van der Waals surface area contributed by atoms with Crippen LogP contribution in [-0.4, -0.2) is 11.7 Å². The Bertz CT molecular complexity index is 574. The van der Waals surface area contributed by atoms with E-state index in [1.165, 1.54) is 11.1 Å². The molecule has 1 unspecified atom stereocenters. The zero-order chi connectivity index (χ0) is 13.9. The molecule has 0 heterocycles. The summed E-state index contributed by atoms with van der Waals surface area (Å²) in [6.07, 6.45) is 1.48. The average molecular weight is 268 g/mol. The molecule has 20 heavy (non-hydrogen) atoms. The van der Waals surface area contributed by atoms with Crippen molar-refractivity contribution in [3.05, 3.63) is 65.2 Å². The maximum Gasteiger partial charge on any atom is 0.119 e. The number of aliphatic hydroxyl groups excluding tert-OH is 1. The van der Waals surface area contributed by atoms with E-state index in [9.17, 15) is 5.11 Å². The monoisotopic (exact) mass is 268 g/mol. The van der Waals surface area contributed by atoms with Crippen molar-refractivity contribution in [3.63, 3.8) is 0 Å². The van der Waals surface area contributed by atoms with E-state index < -0.39 is 0 Å². The van der Waals surface area contributed by atoms with Gasteiger partial charge in [0.25, 0.3) is 0 Å². The van der Waals surface area contributed by atoms with Crippen molar-refractivity contribution >= 4 is 0 Å². The average Bonchev–Trinajstić information content (AvgIpc) is 2.48. The van der Waals surface area contributed by atoms with Crippen molar-refractivity contribution in [2.24, 2.45) is 0 Å². The first-order chi connectivity index (χ1) is 9.78. The number of hydrogen-bond donors (Lipinski definition) is 1. The van der Waals surface area contributed by atoms with Crippen LogP contribution in [0.15, 0.2) is 48.5 Å². The van der Waals surface area contributed by atoms with E-state index in [0.717, 1.165) is 30.8 Å². The zero-order valence-corrected chi connectivity index (χ0v) is 11.8. The van der Waals surface area contributed by atoms with Crippen molar-refractivity contribution in [1.29, 1.82) is 0 Å². The predicted molar refractivity (Wildman–Crippen MR) is 80.1 cm³/mol. The number of ether oxygens (including phenoxy) is 1. The minimum Gasteiger partial charge on any atom is -0.493 e. The Morgan fingerprint density at radius 2 is 1.90 bits per heavy atom. The predicted octanol–water partition coefficient (Wildman–Crippen LogP) is 3.85. The van der Waals surface area contributed by atoms with Gasteiger partial charge in [0.15, 0.2) is 0 Å². The molecule has 0 fully saturated rings. The van der Waals surface area contributed by atoms with Gasteiger partial charge in [-0.25, -0.2) is 0 Å². The van der Waals surface area contributed by atoms with Crippen molar-refractivity contribution in [2.45, 2.75) is 31.8 Å². The summed E-state index contributed by atoms with van der Waals surface area (Å²) in [5.74, 6) is 1.40. The van der Waals surface area contributed by atoms with E-state index in [2.05, 4.69) is 24.3 Å². The second-order valence-corrected chi connectivity index (χ2v) is 5.40. The van der Waals surface area contributed by atoms with Crippen LogP contribution in [0.3, 0.4) is 0 Å². The fourth-order valence-electron chi connectivity index (χ4n) is 2.73. The molecule has 0 saturated heterocycles. The van der Waals surface area contributed by atoms with Crippen LogP contribution < -0.4 is 4.74 Å². The molecule has 104 valence electrons. The van der Waals surface area contributed by atoms with Crippen LogP contribution in [0.5, 0.6) is 5.75 Å². The molecule has 2 nitrogen and oxygen atoms in total. The van der Waals surface area contributed by atoms with Gasteiger partial charge in [0.2, 0.25) is 0 Å². The Labute approximate surface area is 120 Å². The maximum absolute atomic E-state index is 9.75. The summed E-state index contributed by atoms with van der Waals surface area (Å²) in [6, 6.07) is 16.3. The molecule has 2 heteroatoms. The smallest absolute Gasteiger partial charge is 0.119 e. The number of aliphatic hydroxyl groups is 1. The summed E-state index contributed by atoms with van der Waals surface area (Å²) in [6.45, 7) is 2.70. The molecule has 0 radical (unpaired) electrons. The summed E-state index contributed by atoms with van der Waals surface area (Å²) in [4.78, 5) is 0. The number of benzene rings is 2. The van der Waals surface area contributed by atoms with E-state index in [4.69, 9.17) is 4.74 Å². The summed E-state index contributed by atoms with van der Waals surface area (Å²) in [5, 5.41) is 9.75. The van der Waals surface area contributed by atoms with Gasteiger partial charge >= 0.3 is 0 Å². The van der Waals surface area contributed by atoms with Gasteiger partial charge in [-0.15, -0.1) is 0 Å². The molecule has 0 spiro atoms. The van der Waals surface area contributed by atoms with Crippen LogP contribution >= 0.6 is 0 Å². The first-order valence-electron chi connectivity index (χ1n) is 7.26. The Morgan fingerprint density at radius 1 is 1.15 bits per heavy atom. The third kappa shape index (κ3) is 2.56. The zero-order valence-electron chi connectivity index (χ0n) is 11.8. The Hall–Kier alpha value is -1.80. The van der Waals surface area contributed by atoms with Gasteiger partial charge in [-0.05, 0) is 41.7 Å². The van der Waals surface area contributed by atoms with E-state index in [1.807, 2.05) is 31.2 Å². The molecular formula is C18H20O2. The van der Waals surface area contributed by atoms with Crippen LogP contribution in [0.25, 0.3) is 0 Å². The maximum atomic E-state index is 9.75. The minimum absolute atomic E-state index is 0.373. The SMILES string of the molecule is CC[C@@H](O)c1ccc(OCC2Cc3ccccc32)cc1. The summed E-state index contributed by atoms with van der Waals surface area (Å²) < 4.78 is 5.85. The minimum atomic E-state index is -0.373. The van der Waals surface area contributed by atoms with Gasteiger partial charge in [-0.2, -0.15) is 0 Å². The summed E-state index contributed by atoms with van der Waals surface area (Å²) >= 11 is 0. The highest BCUT2D eigenvalue weighted by atomic mass is 16.5. The van der Waals surface area contributed by atoms with Crippen LogP contribution in [0.4, 0.5) is 0 Å². The molecular weight excluding hydrogens is 248 g/mol. The fraction of sp³-hybridized carbons (Fsp3) is 0.333. The highest BCUT2D eigenvalue weighted by Crippen LogP contribution is 2.35. The molecule has 1 aliphatic rings. The van der Waals surface area contributed by atoms with Gasteiger partial charge in [-0.3, -0.25) is 0 Å². The third-order valence-electron chi connectivity index (χ3n) is 4.06. The van der Waals surface area contributed by atoms with E-state index in [-0.39, 0.29) is 6.10 Å². The Kier molecular flexibility index (Phi) is 3.75. The molecule has 0 aliphatic heterocycles. The van der Waals surface area contributed by atoms with Crippen LogP contribution in [-0.2, 0) is 6.42 Å². The molecule has 0 amide bonds. The van der Waals surface area contributed by atoms with Crippen molar-refractivity contribution in [1.82, 2.24) is 0 Å². The lowest BCUT2D eigenvalue weighted by molar-refractivity contribution is 0.173. The fourth-order valence-corrected chi connectivity index (χ4v) is 2.73. The van der Waals surface area contributed by atoms with Gasteiger partial charge in [-0.1, -0.05) is 43.3 Å². The lowest BCUT2D eigenvalue weighted by Crippen LogP contribution is -2.23. The van der Waals surface area contributed by atoms with Crippen LogP contribution in [0.2, 0.25) is 0 Å². The van der Waals surface area contributed by atoms with E-state index >= 15 is 0 Å². The standard InChI is InChI=1S/C18H20O2/c1-2-18(19)13-7-9-16(10-8-13)20-12-15-11-14-5-3-4-6-17(14)15/h3-10,15,18-19H,2,11-12H2,1H3/t15?,18-/m1/s1. The van der Waals surface area contributed by atoms with E-state index in [0.29, 0.717) is 5.92 Å². The summed E-state index contributed by atoms with van der Waals surface area (Å²) in [7, 11) is 0. The molecule has 1 aliphatic carbocycles. The largest absolute Gasteiger partial charge is 0.493 e. The lowest BCUT2D eigenvalue weighted by atomic mass is 9.78. The molecule has 0 saturated carbocycles. The Morgan fingerprint density at radius 3 is 2.60 bits per heavy atom. The van der Waals surface area contributed by atoms with Gasteiger partial charge in [0, 0.05) is 5.92 Å². The van der Waals surface area contributed by atoms with Gasteiger partial charge in [0.05, 0.1) is 12.7 Å². The molecule has 2 aromatic rings. The lowest BCUT2D eigenvalue weighted by Gasteiger charge is -2.29. The van der Waals surface area contributed by atoms with Crippen molar-refractivity contribution in [2.75, 3.05) is 6.61 Å². The normalized spacial score (nSPS) is 18.0. The van der Waals surface area contributed by atoms with Crippen molar-refractivity contribution in [3.8, 4) is 5.75 Å². The highest BCUT2D eigenvalue weighted by Gasteiger charge is 2.25. The molecule has 0 bridgehead atoms. The number of hydrogen-bond acceptors (Lipinski definition) is 2. The highest BCUT2D eigenvalue weighted by molar-refractivity contribution is 5.40. The second-order valence-electron chi connectivity index (χ2n) is 5.40. The second kappa shape index (κ2) is 5.68. The van der Waals surface area contributed by atoms with Gasteiger partial charge < -0.3 is 9.84 Å². The first-order valence-corrected chi connectivity index (χ1v) is 7.26. The number of fused-ring (bicyclic) bond motifs is 1.